The van der Waals surface area contributed by atoms with Crippen molar-refractivity contribution < 1.29 is 0 Å². The molecule has 1 aromatic rings. The first-order chi connectivity index (χ1) is 3.43. The molecule has 0 radical (unpaired) electrons. The number of rotatable bonds is 1. The minimum atomic E-state index is 0.809. The smallest absolute Gasteiger partial charge is 0.0860 e. The molecule has 0 N–H and O–H groups in total. The van der Waals surface area contributed by atoms with Crippen LogP contribution < -0.4 is 0 Å². The fourth-order valence-corrected chi connectivity index (χ4v) is 1.18. The quantitative estimate of drug-likeness (QED) is 0.609. The van der Waals surface area contributed by atoms with E-state index in [2.05, 4.69) is 25.5 Å². The molecular formula is C3H3BrN2S. The number of aromatic nitrogens is 2. The van der Waals surface area contributed by atoms with Crippen LogP contribution in [0.1, 0.15) is 5.69 Å². The molecule has 2 nitrogen and oxygen atoms in total. The van der Waals surface area contributed by atoms with Crippen LogP contribution in [0.25, 0.3) is 0 Å². The van der Waals surface area contributed by atoms with Crippen LogP contribution in [0.3, 0.4) is 0 Å². The second-order valence-corrected chi connectivity index (χ2v) is 2.20. The van der Waals surface area contributed by atoms with Gasteiger partial charge < -0.3 is 0 Å². The van der Waals surface area contributed by atoms with Crippen molar-refractivity contribution in [1.82, 2.24) is 9.59 Å². The third-order valence-electron chi connectivity index (χ3n) is 0.542. The lowest BCUT2D eigenvalue weighted by atomic mass is 10.6. The van der Waals surface area contributed by atoms with Gasteiger partial charge in [0.15, 0.2) is 0 Å². The van der Waals surface area contributed by atoms with Crippen LogP contribution in [0.4, 0.5) is 0 Å². The van der Waals surface area contributed by atoms with Crippen LogP contribution in [0, 0.1) is 0 Å². The Morgan fingerprint density at radius 3 is 3.00 bits per heavy atom. The molecule has 0 aliphatic heterocycles. The lowest BCUT2D eigenvalue weighted by molar-refractivity contribution is 1.08. The van der Waals surface area contributed by atoms with E-state index in [0.717, 1.165) is 11.0 Å². The molecule has 0 unspecified atom stereocenters. The largest absolute Gasteiger partial charge is 0.142 e. The van der Waals surface area contributed by atoms with Crippen LogP contribution in [-0.2, 0) is 5.33 Å². The van der Waals surface area contributed by atoms with E-state index in [0.29, 0.717) is 0 Å². The molecule has 0 atom stereocenters. The maximum absolute atomic E-state index is 3.76. The van der Waals surface area contributed by atoms with Crippen LogP contribution >= 0.6 is 27.5 Å². The Kier molecular flexibility index (Phi) is 1.76. The molecule has 0 aromatic carbocycles. The summed E-state index contributed by atoms with van der Waals surface area (Å²) >= 11 is 4.61. The van der Waals surface area contributed by atoms with Crippen molar-refractivity contribution in [2.24, 2.45) is 0 Å². The lowest BCUT2D eigenvalue weighted by Crippen LogP contribution is -1.72. The van der Waals surface area contributed by atoms with Crippen molar-refractivity contribution in [1.29, 1.82) is 0 Å². The van der Waals surface area contributed by atoms with Gasteiger partial charge in [-0.1, -0.05) is 20.4 Å². The summed E-state index contributed by atoms with van der Waals surface area (Å²) in [4.78, 5) is 0. The molecule has 1 aromatic heterocycles. The van der Waals surface area contributed by atoms with Crippen molar-refractivity contribution in [3.05, 3.63) is 11.1 Å². The van der Waals surface area contributed by atoms with Crippen molar-refractivity contribution in [2.75, 3.05) is 0 Å². The second-order valence-electron chi connectivity index (χ2n) is 1.03. The Balaban J connectivity index is 2.76. The lowest BCUT2D eigenvalue weighted by Gasteiger charge is -1.73. The highest BCUT2D eigenvalue weighted by Gasteiger charge is 1.87. The summed E-state index contributed by atoms with van der Waals surface area (Å²) in [5.41, 5.74) is 1.00. The first-order valence-electron chi connectivity index (χ1n) is 1.75. The van der Waals surface area contributed by atoms with Crippen molar-refractivity contribution in [3.8, 4) is 0 Å². The standard InChI is InChI=1S/C3H3BrN2S/c4-1-3-2-7-6-5-3/h2H,1H2. The molecule has 7 heavy (non-hydrogen) atoms. The summed E-state index contributed by atoms with van der Waals surface area (Å²) in [6, 6.07) is 0. The molecule has 38 valence electrons. The fourth-order valence-electron chi connectivity index (χ4n) is 0.242. The molecular weight excluding hydrogens is 176 g/mol. The average molecular weight is 179 g/mol. The summed E-state index contributed by atoms with van der Waals surface area (Å²) in [5, 5.41) is 6.48. The van der Waals surface area contributed by atoms with E-state index in [-0.39, 0.29) is 0 Å². The third-order valence-corrected chi connectivity index (χ3v) is 1.67. The minimum Gasteiger partial charge on any atom is -0.142 e. The van der Waals surface area contributed by atoms with Gasteiger partial charge in [-0.25, -0.2) is 0 Å². The van der Waals surface area contributed by atoms with Gasteiger partial charge in [-0.15, -0.1) is 5.10 Å². The molecule has 0 spiro atoms. The normalized spacial score (nSPS) is 9.29. The van der Waals surface area contributed by atoms with Gasteiger partial charge in [0, 0.05) is 10.7 Å². The Labute approximate surface area is 53.9 Å². The van der Waals surface area contributed by atoms with E-state index < -0.39 is 0 Å². The van der Waals surface area contributed by atoms with E-state index in [4.69, 9.17) is 0 Å². The molecule has 1 rings (SSSR count). The number of hydrogen-bond donors (Lipinski definition) is 0. The Bertz CT molecular complexity index is 127. The first kappa shape index (κ1) is 5.18. The van der Waals surface area contributed by atoms with Crippen LogP contribution in [0.2, 0.25) is 0 Å². The number of alkyl halides is 1. The Morgan fingerprint density at radius 1 is 1.86 bits per heavy atom. The van der Waals surface area contributed by atoms with Gasteiger partial charge in [-0.2, -0.15) is 0 Å². The van der Waals surface area contributed by atoms with Gasteiger partial charge >= 0.3 is 0 Å². The summed E-state index contributed by atoms with van der Waals surface area (Å²) < 4.78 is 3.65. The summed E-state index contributed by atoms with van der Waals surface area (Å²) in [6.07, 6.45) is 0. The van der Waals surface area contributed by atoms with Gasteiger partial charge in [0.25, 0.3) is 0 Å². The highest BCUT2D eigenvalue weighted by Crippen LogP contribution is 2.00. The molecule has 0 fully saturated rings. The summed E-state index contributed by atoms with van der Waals surface area (Å²) in [7, 11) is 0. The first-order valence-corrected chi connectivity index (χ1v) is 3.71. The zero-order chi connectivity index (χ0) is 5.11. The zero-order valence-corrected chi connectivity index (χ0v) is 5.87. The molecule has 0 aliphatic rings. The monoisotopic (exact) mass is 178 g/mol. The summed E-state index contributed by atoms with van der Waals surface area (Å²) in [5.74, 6) is 0. The van der Waals surface area contributed by atoms with Crippen molar-refractivity contribution in [2.45, 2.75) is 5.33 Å². The average Bonchev–Trinajstić information content (AvgIpc) is 2.14. The maximum atomic E-state index is 3.76. The highest BCUT2D eigenvalue weighted by molar-refractivity contribution is 9.08. The Morgan fingerprint density at radius 2 is 2.71 bits per heavy atom. The molecule has 0 saturated heterocycles. The number of hydrogen-bond acceptors (Lipinski definition) is 3. The van der Waals surface area contributed by atoms with E-state index in [1.54, 1.807) is 0 Å². The zero-order valence-electron chi connectivity index (χ0n) is 3.47. The highest BCUT2D eigenvalue weighted by atomic mass is 79.9. The predicted octanol–water partition coefficient (Wildman–Crippen LogP) is 1.43. The van der Waals surface area contributed by atoms with E-state index in [1.807, 2.05) is 5.38 Å². The van der Waals surface area contributed by atoms with Gasteiger partial charge in [-0.3, -0.25) is 0 Å². The minimum absolute atomic E-state index is 0.809. The van der Waals surface area contributed by atoms with E-state index in [1.165, 1.54) is 11.5 Å². The third kappa shape index (κ3) is 1.21. The molecule has 4 heteroatoms. The summed E-state index contributed by atoms with van der Waals surface area (Å²) in [6.45, 7) is 0. The maximum Gasteiger partial charge on any atom is 0.0860 e. The van der Waals surface area contributed by atoms with Crippen LogP contribution in [-0.4, -0.2) is 9.59 Å². The topological polar surface area (TPSA) is 25.8 Å². The van der Waals surface area contributed by atoms with Gasteiger partial charge in [-0.05, 0) is 11.5 Å². The van der Waals surface area contributed by atoms with Gasteiger partial charge in [0.1, 0.15) is 0 Å². The van der Waals surface area contributed by atoms with Gasteiger partial charge in [0.05, 0.1) is 5.69 Å². The molecule has 0 amide bonds. The molecule has 0 aliphatic carbocycles. The molecule has 0 saturated carbocycles. The fraction of sp³-hybridized carbons (Fsp3) is 0.333. The van der Waals surface area contributed by atoms with Crippen molar-refractivity contribution >= 4 is 27.5 Å². The Hall–Kier alpha value is 0.0400. The SMILES string of the molecule is BrCc1csnn1. The molecule has 1 heterocycles. The number of nitrogens with zero attached hydrogens (tertiary/aromatic N) is 2. The van der Waals surface area contributed by atoms with Crippen LogP contribution in [0.5, 0.6) is 0 Å². The predicted molar refractivity (Wildman–Crippen MR) is 32.5 cm³/mol. The van der Waals surface area contributed by atoms with Crippen LogP contribution in [0.15, 0.2) is 5.38 Å². The van der Waals surface area contributed by atoms with Crippen molar-refractivity contribution in [3.63, 3.8) is 0 Å². The number of halogens is 1. The molecule has 0 bridgehead atoms. The second kappa shape index (κ2) is 2.37. The van der Waals surface area contributed by atoms with E-state index in [9.17, 15) is 0 Å². The van der Waals surface area contributed by atoms with Gasteiger partial charge in [0.2, 0.25) is 0 Å². The van der Waals surface area contributed by atoms with E-state index >= 15 is 0 Å².